The minimum Gasteiger partial charge on any atom is -0.511 e. The van der Waals surface area contributed by atoms with Crippen molar-refractivity contribution in [3.8, 4) is 0 Å². The van der Waals surface area contributed by atoms with Crippen LogP contribution in [0, 0.1) is 10.8 Å². The summed E-state index contributed by atoms with van der Waals surface area (Å²) in [5.41, 5.74) is 2.02. The maximum absolute atomic E-state index is 13.2. The molecule has 0 bridgehead atoms. The Bertz CT molecular complexity index is 1040. The Morgan fingerprint density at radius 1 is 1.22 bits per heavy atom. The molecule has 170 valence electrons. The molecule has 0 saturated carbocycles. The molecule has 0 aliphatic heterocycles. The molecular weight excluding hydrogens is 476 g/mol. The zero-order valence-electron chi connectivity index (χ0n) is 18.3. The first kappa shape index (κ1) is 23.9. The number of benzene rings is 1. The van der Waals surface area contributed by atoms with Gasteiger partial charge >= 0.3 is 5.97 Å². The molecule has 0 fully saturated rings. The summed E-state index contributed by atoms with van der Waals surface area (Å²) >= 11 is 3.38. The SMILES string of the molecule is CC1=CCC(C(=O)O)(C(=O)NN=CC2=C(O)CC(C)(C)CC2=O)C(c2ccc(Br)cc2)C1. The van der Waals surface area contributed by atoms with Gasteiger partial charge in [-0.25, -0.2) is 5.43 Å². The Labute approximate surface area is 195 Å². The number of amides is 1. The van der Waals surface area contributed by atoms with Crippen molar-refractivity contribution in [2.75, 3.05) is 0 Å². The molecule has 7 nitrogen and oxygen atoms in total. The van der Waals surface area contributed by atoms with E-state index in [9.17, 15) is 24.6 Å². The monoisotopic (exact) mass is 502 g/mol. The van der Waals surface area contributed by atoms with E-state index in [1.54, 1.807) is 6.08 Å². The van der Waals surface area contributed by atoms with Crippen LogP contribution in [0.25, 0.3) is 0 Å². The highest BCUT2D eigenvalue weighted by Crippen LogP contribution is 2.47. The number of aliphatic carboxylic acids is 1. The van der Waals surface area contributed by atoms with Crippen molar-refractivity contribution < 1.29 is 24.6 Å². The number of carboxylic acids is 1. The second-order valence-corrected chi connectivity index (χ2v) is 10.3. The third kappa shape index (κ3) is 4.70. The zero-order chi connectivity index (χ0) is 23.7. The van der Waals surface area contributed by atoms with Crippen LogP contribution in [0.2, 0.25) is 0 Å². The van der Waals surface area contributed by atoms with Gasteiger partial charge in [-0.1, -0.05) is 53.6 Å². The summed E-state index contributed by atoms with van der Waals surface area (Å²) in [6.45, 7) is 5.68. The van der Waals surface area contributed by atoms with Crippen LogP contribution >= 0.6 is 15.9 Å². The van der Waals surface area contributed by atoms with E-state index in [1.807, 2.05) is 45.0 Å². The molecule has 1 amide bonds. The molecule has 0 aromatic heterocycles. The van der Waals surface area contributed by atoms with E-state index in [4.69, 9.17) is 0 Å². The van der Waals surface area contributed by atoms with Crippen molar-refractivity contribution >= 4 is 39.8 Å². The molecule has 1 aromatic rings. The summed E-state index contributed by atoms with van der Waals surface area (Å²) in [7, 11) is 0. The van der Waals surface area contributed by atoms with Gasteiger partial charge in [0.05, 0.1) is 11.8 Å². The number of aliphatic hydroxyl groups excluding tert-OH is 1. The van der Waals surface area contributed by atoms with Gasteiger partial charge in [-0.2, -0.15) is 5.10 Å². The fourth-order valence-electron chi connectivity index (χ4n) is 4.44. The van der Waals surface area contributed by atoms with Crippen LogP contribution in [0.15, 0.2) is 56.8 Å². The average molecular weight is 503 g/mol. The summed E-state index contributed by atoms with van der Waals surface area (Å²) in [6, 6.07) is 7.26. The highest BCUT2D eigenvalue weighted by Gasteiger charge is 2.53. The van der Waals surface area contributed by atoms with Crippen molar-refractivity contribution in [3.05, 3.63) is 57.3 Å². The molecule has 32 heavy (non-hydrogen) atoms. The summed E-state index contributed by atoms with van der Waals surface area (Å²) in [4.78, 5) is 38.0. The number of Topliss-reactive ketones (excluding diaryl/α,β-unsaturated/α-hetero) is 1. The van der Waals surface area contributed by atoms with Crippen LogP contribution in [-0.2, 0) is 14.4 Å². The summed E-state index contributed by atoms with van der Waals surface area (Å²) in [5, 5.41) is 24.2. The number of carbonyl (C=O) groups is 3. The van der Waals surface area contributed by atoms with E-state index in [1.165, 1.54) is 0 Å². The molecule has 8 heteroatoms. The van der Waals surface area contributed by atoms with Crippen molar-refractivity contribution in [2.45, 2.75) is 52.4 Å². The number of rotatable bonds is 5. The van der Waals surface area contributed by atoms with Gasteiger partial charge in [0.15, 0.2) is 11.2 Å². The quantitative estimate of drug-likeness (QED) is 0.234. The summed E-state index contributed by atoms with van der Waals surface area (Å²) in [6.07, 6.45) is 3.90. The lowest BCUT2D eigenvalue weighted by atomic mass is 9.64. The predicted octanol–water partition coefficient (Wildman–Crippen LogP) is 4.65. The number of allylic oxidation sites excluding steroid dienone is 4. The topological polar surface area (TPSA) is 116 Å². The number of carboxylic acid groups (broad SMARTS) is 1. The average Bonchev–Trinajstić information content (AvgIpc) is 2.69. The van der Waals surface area contributed by atoms with Crippen LogP contribution in [0.4, 0.5) is 0 Å². The molecule has 1 aromatic carbocycles. The number of aliphatic hydroxyl groups is 1. The lowest BCUT2D eigenvalue weighted by Crippen LogP contribution is -2.50. The maximum atomic E-state index is 13.2. The van der Waals surface area contributed by atoms with Crippen LogP contribution in [0.1, 0.15) is 57.9 Å². The number of hydrazone groups is 1. The lowest BCUT2D eigenvalue weighted by molar-refractivity contribution is -0.158. The van der Waals surface area contributed by atoms with E-state index >= 15 is 0 Å². The molecule has 0 radical (unpaired) electrons. The maximum Gasteiger partial charge on any atom is 0.320 e. The summed E-state index contributed by atoms with van der Waals surface area (Å²) < 4.78 is 0.854. The van der Waals surface area contributed by atoms with Crippen molar-refractivity contribution in [1.82, 2.24) is 5.43 Å². The van der Waals surface area contributed by atoms with Crippen LogP contribution in [0.5, 0.6) is 0 Å². The standard InChI is InChI=1S/C24H27BrN2O5/c1-14-8-9-24(22(31)32,18(10-14)15-4-6-16(25)7-5-15)21(30)27-26-13-17-19(28)11-23(2,3)12-20(17)29/h4-8,13,18,28H,9-12H2,1-3H3,(H,27,30)(H,31,32). The summed E-state index contributed by atoms with van der Waals surface area (Å²) in [5.74, 6) is -2.94. The minimum absolute atomic E-state index is 0.0251. The third-order valence-corrected chi connectivity index (χ3v) is 6.74. The van der Waals surface area contributed by atoms with Gasteiger partial charge in [0, 0.05) is 23.2 Å². The third-order valence-electron chi connectivity index (χ3n) is 6.21. The number of halogens is 1. The van der Waals surface area contributed by atoms with Crippen molar-refractivity contribution in [1.29, 1.82) is 0 Å². The number of ketones is 1. The molecule has 2 unspecified atom stereocenters. The number of carbonyl (C=O) groups excluding carboxylic acids is 2. The Morgan fingerprint density at radius 2 is 1.88 bits per heavy atom. The second kappa shape index (κ2) is 9.02. The molecular formula is C24H27BrN2O5. The normalized spacial score (nSPS) is 25.6. The second-order valence-electron chi connectivity index (χ2n) is 9.34. The molecule has 0 heterocycles. The van der Waals surface area contributed by atoms with Gasteiger partial charge in [-0.15, -0.1) is 0 Å². The van der Waals surface area contributed by atoms with E-state index < -0.39 is 23.2 Å². The molecule has 2 aliphatic carbocycles. The molecule has 0 spiro atoms. The molecule has 2 aliphatic rings. The lowest BCUT2D eigenvalue weighted by Gasteiger charge is -2.38. The van der Waals surface area contributed by atoms with Gasteiger partial charge in [0.1, 0.15) is 5.76 Å². The van der Waals surface area contributed by atoms with Crippen LogP contribution in [-0.4, -0.2) is 34.1 Å². The van der Waals surface area contributed by atoms with E-state index in [2.05, 4.69) is 26.5 Å². The highest BCUT2D eigenvalue weighted by molar-refractivity contribution is 9.10. The van der Waals surface area contributed by atoms with Crippen LogP contribution in [0.3, 0.4) is 0 Å². The number of nitrogens with one attached hydrogen (secondary N) is 1. The fraction of sp³-hybridized carbons (Fsp3) is 0.417. The number of hydrogen-bond donors (Lipinski definition) is 3. The Kier molecular flexibility index (Phi) is 6.74. The first-order chi connectivity index (χ1) is 15.0. The van der Waals surface area contributed by atoms with Crippen molar-refractivity contribution in [3.63, 3.8) is 0 Å². The van der Waals surface area contributed by atoms with Gasteiger partial charge < -0.3 is 10.2 Å². The number of nitrogens with zero attached hydrogens (tertiary/aromatic N) is 1. The smallest absolute Gasteiger partial charge is 0.320 e. The minimum atomic E-state index is -1.75. The van der Waals surface area contributed by atoms with Crippen molar-refractivity contribution in [2.24, 2.45) is 15.9 Å². The highest BCUT2D eigenvalue weighted by atomic mass is 79.9. The molecule has 3 N–H and O–H groups in total. The van der Waals surface area contributed by atoms with Gasteiger partial charge in [-0.05, 0) is 42.9 Å². The Hall–Kier alpha value is -2.74. The largest absolute Gasteiger partial charge is 0.511 e. The Balaban J connectivity index is 1.90. The first-order valence-electron chi connectivity index (χ1n) is 10.4. The van der Waals surface area contributed by atoms with Gasteiger partial charge in [0.2, 0.25) is 0 Å². The predicted molar refractivity (Wildman–Crippen MR) is 124 cm³/mol. The van der Waals surface area contributed by atoms with Crippen LogP contribution < -0.4 is 5.43 Å². The molecule has 3 rings (SSSR count). The fourth-order valence-corrected chi connectivity index (χ4v) is 4.71. The zero-order valence-corrected chi connectivity index (χ0v) is 19.9. The Morgan fingerprint density at radius 3 is 2.47 bits per heavy atom. The molecule has 2 atom stereocenters. The molecule has 0 saturated heterocycles. The van der Waals surface area contributed by atoms with Gasteiger partial charge in [0.25, 0.3) is 5.91 Å². The number of hydrogen-bond acceptors (Lipinski definition) is 5. The van der Waals surface area contributed by atoms with E-state index in [0.29, 0.717) is 12.8 Å². The van der Waals surface area contributed by atoms with E-state index in [0.717, 1.165) is 21.8 Å². The first-order valence-corrected chi connectivity index (χ1v) is 11.2. The van der Waals surface area contributed by atoms with Gasteiger partial charge in [-0.3, -0.25) is 14.4 Å². The van der Waals surface area contributed by atoms with E-state index in [-0.39, 0.29) is 35.4 Å².